The van der Waals surface area contributed by atoms with Crippen molar-refractivity contribution in [1.82, 2.24) is 0 Å². The van der Waals surface area contributed by atoms with Gasteiger partial charge in [0.25, 0.3) is 0 Å². The lowest BCUT2D eigenvalue weighted by molar-refractivity contribution is -0.167. The van der Waals surface area contributed by atoms with Gasteiger partial charge in [-0.2, -0.15) is 0 Å². The first kappa shape index (κ1) is 58.4. The van der Waals surface area contributed by atoms with E-state index in [2.05, 4.69) is 34.6 Å². The average molecular weight is 849 g/mol. The molecule has 0 aliphatic heterocycles. The van der Waals surface area contributed by atoms with Gasteiger partial charge >= 0.3 is 17.9 Å². The average Bonchev–Trinajstić information content (AvgIpc) is 3.22. The highest BCUT2D eigenvalue weighted by Crippen LogP contribution is 2.18. The molecule has 6 nitrogen and oxygen atoms in total. The molecule has 0 heterocycles. The monoisotopic (exact) mass is 849 g/mol. The van der Waals surface area contributed by atoms with Crippen molar-refractivity contribution in [3.63, 3.8) is 0 Å². The van der Waals surface area contributed by atoms with E-state index in [1.807, 2.05) is 0 Å². The zero-order chi connectivity index (χ0) is 44.0. The van der Waals surface area contributed by atoms with Crippen LogP contribution in [0.15, 0.2) is 0 Å². The number of hydrogen-bond donors (Lipinski definition) is 0. The van der Waals surface area contributed by atoms with E-state index in [4.69, 9.17) is 14.2 Å². The molecule has 0 N–H and O–H groups in total. The fraction of sp³-hybridized carbons (Fsp3) is 0.944. The summed E-state index contributed by atoms with van der Waals surface area (Å²) in [5.41, 5.74) is 0. The maximum atomic E-state index is 12.7. The summed E-state index contributed by atoms with van der Waals surface area (Å²) >= 11 is 0. The largest absolute Gasteiger partial charge is 0.462 e. The van der Waals surface area contributed by atoms with Crippen molar-refractivity contribution in [2.24, 2.45) is 11.8 Å². The van der Waals surface area contributed by atoms with Gasteiger partial charge in [0.2, 0.25) is 0 Å². The normalized spacial score (nSPS) is 12.1. The Hall–Kier alpha value is -1.59. The molecular formula is C54H104O6. The van der Waals surface area contributed by atoms with Crippen molar-refractivity contribution in [2.75, 3.05) is 13.2 Å². The third kappa shape index (κ3) is 47.5. The quantitative estimate of drug-likeness (QED) is 0.0345. The molecule has 0 aromatic rings. The van der Waals surface area contributed by atoms with E-state index in [1.54, 1.807) is 0 Å². The van der Waals surface area contributed by atoms with Crippen molar-refractivity contribution in [2.45, 2.75) is 304 Å². The molecular weight excluding hydrogens is 745 g/mol. The van der Waals surface area contributed by atoms with E-state index in [9.17, 15) is 14.4 Å². The summed E-state index contributed by atoms with van der Waals surface area (Å²) in [6.45, 7) is 11.4. The minimum atomic E-state index is -0.761. The van der Waals surface area contributed by atoms with Gasteiger partial charge < -0.3 is 14.2 Å². The van der Waals surface area contributed by atoms with Gasteiger partial charge in [-0.25, -0.2) is 0 Å². The number of ether oxygens (including phenoxy) is 3. The first-order valence-corrected chi connectivity index (χ1v) is 26.7. The summed E-state index contributed by atoms with van der Waals surface area (Å²) in [5, 5.41) is 0. The molecule has 356 valence electrons. The van der Waals surface area contributed by atoms with Crippen LogP contribution in [0.5, 0.6) is 0 Å². The van der Waals surface area contributed by atoms with E-state index in [1.165, 1.54) is 186 Å². The molecule has 0 bridgehead atoms. The lowest BCUT2D eigenvalue weighted by Gasteiger charge is -2.18. The standard InChI is InChI=1S/C54H104O6/c1-6-7-8-9-10-22-31-36-41-46-54(57)60-51(48-59-53(56)45-40-35-30-26-21-17-19-24-28-33-38-43-50(4)5)47-58-52(55)44-39-34-29-25-20-16-14-12-11-13-15-18-23-27-32-37-42-49(2)3/h49-51H,6-48H2,1-5H3/t51-/m1/s1. The first-order chi connectivity index (χ1) is 29.2. The number of unbranched alkanes of at least 4 members (excludes halogenated alkanes) is 33. The van der Waals surface area contributed by atoms with Crippen LogP contribution in [0.2, 0.25) is 0 Å². The SMILES string of the molecule is CCCCCCCCCCCC(=O)O[C@H](COC(=O)CCCCCCCCCCCCCCCCCCC(C)C)COC(=O)CCCCCCCCCCCCCC(C)C. The van der Waals surface area contributed by atoms with Crippen molar-refractivity contribution >= 4 is 17.9 Å². The Morgan fingerprint density at radius 1 is 0.317 bits per heavy atom. The number of hydrogen-bond acceptors (Lipinski definition) is 6. The van der Waals surface area contributed by atoms with E-state index >= 15 is 0 Å². The smallest absolute Gasteiger partial charge is 0.306 e. The van der Waals surface area contributed by atoms with E-state index in [-0.39, 0.29) is 31.1 Å². The first-order valence-electron chi connectivity index (χ1n) is 26.7. The third-order valence-corrected chi connectivity index (χ3v) is 12.2. The second kappa shape index (κ2) is 46.9. The van der Waals surface area contributed by atoms with Gasteiger partial charge in [0.15, 0.2) is 6.10 Å². The highest BCUT2D eigenvalue weighted by molar-refractivity contribution is 5.71. The zero-order valence-corrected chi connectivity index (χ0v) is 41.1. The van der Waals surface area contributed by atoms with Crippen LogP contribution < -0.4 is 0 Å². The molecule has 0 rings (SSSR count). The highest BCUT2D eigenvalue weighted by atomic mass is 16.6. The maximum Gasteiger partial charge on any atom is 0.306 e. The fourth-order valence-electron chi connectivity index (χ4n) is 8.17. The van der Waals surface area contributed by atoms with Crippen molar-refractivity contribution in [1.29, 1.82) is 0 Å². The Labute approximate surface area is 374 Å². The number of carbonyl (C=O) groups excluding carboxylic acids is 3. The van der Waals surface area contributed by atoms with Gasteiger partial charge in [-0.1, -0.05) is 259 Å². The Morgan fingerprint density at radius 2 is 0.550 bits per heavy atom. The van der Waals surface area contributed by atoms with Crippen molar-refractivity contribution < 1.29 is 28.6 Å². The second-order valence-corrected chi connectivity index (χ2v) is 19.5. The molecule has 0 aromatic heterocycles. The van der Waals surface area contributed by atoms with E-state index in [0.717, 1.165) is 69.6 Å². The van der Waals surface area contributed by atoms with E-state index < -0.39 is 6.10 Å². The number of esters is 3. The molecule has 0 fully saturated rings. The summed E-state index contributed by atoms with van der Waals surface area (Å²) < 4.78 is 16.8. The van der Waals surface area contributed by atoms with Crippen LogP contribution in [0.3, 0.4) is 0 Å². The number of carbonyl (C=O) groups is 3. The van der Waals surface area contributed by atoms with Gasteiger partial charge in [0.05, 0.1) is 0 Å². The predicted octanol–water partition coefficient (Wildman–Crippen LogP) is 17.3. The number of rotatable bonds is 48. The minimum absolute atomic E-state index is 0.0635. The molecule has 0 saturated carbocycles. The Bertz CT molecular complexity index is 916. The fourth-order valence-corrected chi connectivity index (χ4v) is 8.17. The minimum Gasteiger partial charge on any atom is -0.462 e. The Kier molecular flexibility index (Phi) is 45.7. The summed E-state index contributed by atoms with van der Waals surface area (Å²) in [4.78, 5) is 37.9. The molecule has 0 saturated heterocycles. The maximum absolute atomic E-state index is 12.7. The van der Waals surface area contributed by atoms with Crippen molar-refractivity contribution in [3.8, 4) is 0 Å². The van der Waals surface area contributed by atoms with Gasteiger partial charge in [-0.05, 0) is 31.1 Å². The molecule has 0 aliphatic rings. The van der Waals surface area contributed by atoms with Gasteiger partial charge in [0, 0.05) is 19.3 Å². The molecule has 60 heavy (non-hydrogen) atoms. The zero-order valence-electron chi connectivity index (χ0n) is 41.1. The van der Waals surface area contributed by atoms with Crippen LogP contribution in [-0.2, 0) is 28.6 Å². The van der Waals surface area contributed by atoms with Crippen LogP contribution in [-0.4, -0.2) is 37.2 Å². The molecule has 0 radical (unpaired) electrons. The summed E-state index contributed by atoms with van der Waals surface area (Å²) in [5.74, 6) is 0.831. The van der Waals surface area contributed by atoms with Crippen LogP contribution in [0.25, 0.3) is 0 Å². The molecule has 0 aromatic carbocycles. The summed E-state index contributed by atoms with van der Waals surface area (Å²) in [6, 6.07) is 0. The Balaban J connectivity index is 4.20. The topological polar surface area (TPSA) is 78.9 Å². The summed E-state index contributed by atoms with van der Waals surface area (Å²) in [6.07, 6.45) is 48.1. The third-order valence-electron chi connectivity index (χ3n) is 12.2. The molecule has 6 heteroatoms. The Morgan fingerprint density at radius 3 is 0.817 bits per heavy atom. The predicted molar refractivity (Wildman–Crippen MR) is 256 cm³/mol. The van der Waals surface area contributed by atoms with Crippen LogP contribution in [0, 0.1) is 11.8 Å². The molecule has 0 unspecified atom stereocenters. The van der Waals surface area contributed by atoms with Crippen LogP contribution in [0.1, 0.15) is 298 Å². The highest BCUT2D eigenvalue weighted by Gasteiger charge is 2.19. The molecule has 0 spiro atoms. The molecule has 1 atom stereocenters. The summed E-state index contributed by atoms with van der Waals surface area (Å²) in [7, 11) is 0. The van der Waals surface area contributed by atoms with Gasteiger partial charge in [0.1, 0.15) is 13.2 Å². The van der Waals surface area contributed by atoms with Crippen molar-refractivity contribution in [3.05, 3.63) is 0 Å². The lowest BCUT2D eigenvalue weighted by Crippen LogP contribution is -2.30. The molecule has 0 amide bonds. The van der Waals surface area contributed by atoms with E-state index in [0.29, 0.717) is 19.3 Å². The lowest BCUT2D eigenvalue weighted by atomic mass is 10.0. The second-order valence-electron chi connectivity index (χ2n) is 19.5. The van der Waals surface area contributed by atoms with Gasteiger partial charge in [-0.15, -0.1) is 0 Å². The van der Waals surface area contributed by atoms with Crippen LogP contribution >= 0.6 is 0 Å². The van der Waals surface area contributed by atoms with Crippen LogP contribution in [0.4, 0.5) is 0 Å². The van der Waals surface area contributed by atoms with Gasteiger partial charge in [-0.3, -0.25) is 14.4 Å². The molecule has 0 aliphatic carbocycles.